The highest BCUT2D eigenvalue weighted by Crippen LogP contribution is 2.33. The summed E-state index contributed by atoms with van der Waals surface area (Å²) < 4.78 is 6.05. The Morgan fingerprint density at radius 3 is 2.68 bits per heavy atom. The minimum Gasteiger partial charge on any atom is -0.456 e. The minimum atomic E-state index is -0.132. The third-order valence-electron chi connectivity index (χ3n) is 6.15. The number of furan rings is 1. The molecule has 7 heteroatoms. The molecule has 0 bridgehead atoms. The molecule has 0 saturated carbocycles. The number of nitrogens with zero attached hydrogens (tertiary/aromatic N) is 2. The average molecular weight is 453 g/mol. The fourth-order valence-electron chi connectivity index (χ4n) is 4.48. The Hall–Kier alpha value is -4.31. The van der Waals surface area contributed by atoms with Gasteiger partial charge in [-0.15, -0.1) is 0 Å². The summed E-state index contributed by atoms with van der Waals surface area (Å²) in [6.07, 6.45) is 1.15. The SMILES string of the molecule is CCNC(=O)c1ccc2c(c1)oc1cc(N3CC[C@H](Nc4cccc(C#N)c4)CC3=O)ccc12. The Morgan fingerprint density at radius 2 is 1.91 bits per heavy atom. The van der Waals surface area contributed by atoms with E-state index in [2.05, 4.69) is 16.7 Å². The maximum absolute atomic E-state index is 13.0. The zero-order valence-electron chi connectivity index (χ0n) is 18.8. The maximum atomic E-state index is 13.0. The summed E-state index contributed by atoms with van der Waals surface area (Å²) in [5, 5.41) is 17.1. The summed E-state index contributed by atoms with van der Waals surface area (Å²) in [7, 11) is 0. The van der Waals surface area contributed by atoms with Crippen molar-refractivity contribution in [1.82, 2.24) is 5.32 Å². The van der Waals surface area contributed by atoms with Gasteiger partial charge in [-0.1, -0.05) is 6.07 Å². The highest BCUT2D eigenvalue weighted by Gasteiger charge is 2.27. The van der Waals surface area contributed by atoms with E-state index in [1.54, 1.807) is 29.2 Å². The van der Waals surface area contributed by atoms with Crippen molar-refractivity contribution >= 4 is 45.1 Å². The molecule has 2 heterocycles. The number of anilines is 2. The van der Waals surface area contributed by atoms with Gasteiger partial charge in [0.15, 0.2) is 0 Å². The van der Waals surface area contributed by atoms with Crippen molar-refractivity contribution in [3.05, 3.63) is 71.8 Å². The number of hydrogen-bond donors (Lipinski definition) is 2. The molecule has 2 N–H and O–H groups in total. The molecule has 1 aliphatic rings. The number of amides is 2. The van der Waals surface area contributed by atoms with Crippen molar-refractivity contribution in [2.45, 2.75) is 25.8 Å². The number of fused-ring (bicyclic) bond motifs is 3. The van der Waals surface area contributed by atoms with E-state index < -0.39 is 0 Å². The molecule has 5 rings (SSSR count). The smallest absolute Gasteiger partial charge is 0.251 e. The lowest BCUT2D eigenvalue weighted by molar-refractivity contribution is -0.119. The lowest BCUT2D eigenvalue weighted by atomic mass is 10.0. The highest BCUT2D eigenvalue weighted by molar-refractivity contribution is 6.09. The first kappa shape index (κ1) is 21.5. The third-order valence-corrected chi connectivity index (χ3v) is 6.15. The van der Waals surface area contributed by atoms with Crippen LogP contribution in [0.3, 0.4) is 0 Å². The van der Waals surface area contributed by atoms with Gasteiger partial charge in [-0.05, 0) is 61.9 Å². The van der Waals surface area contributed by atoms with E-state index in [1.165, 1.54) is 0 Å². The van der Waals surface area contributed by atoms with E-state index in [1.807, 2.05) is 43.3 Å². The van der Waals surface area contributed by atoms with Gasteiger partial charge in [0.05, 0.1) is 11.6 Å². The first-order valence-corrected chi connectivity index (χ1v) is 11.4. The number of piperidine rings is 1. The number of nitriles is 1. The van der Waals surface area contributed by atoms with Crippen LogP contribution in [0, 0.1) is 11.3 Å². The molecule has 0 radical (unpaired) electrons. The number of hydrogen-bond acceptors (Lipinski definition) is 5. The summed E-state index contributed by atoms with van der Waals surface area (Å²) >= 11 is 0. The van der Waals surface area contributed by atoms with E-state index in [9.17, 15) is 9.59 Å². The van der Waals surface area contributed by atoms with Gasteiger partial charge in [-0.2, -0.15) is 5.26 Å². The van der Waals surface area contributed by atoms with E-state index in [-0.39, 0.29) is 17.9 Å². The van der Waals surface area contributed by atoms with Crippen LogP contribution in [0.25, 0.3) is 21.9 Å². The molecule has 1 aliphatic heterocycles. The van der Waals surface area contributed by atoms with Crippen LogP contribution in [-0.2, 0) is 4.79 Å². The number of nitrogens with one attached hydrogen (secondary N) is 2. The van der Waals surface area contributed by atoms with Crippen LogP contribution < -0.4 is 15.5 Å². The van der Waals surface area contributed by atoms with Gasteiger partial charge in [0.2, 0.25) is 5.91 Å². The number of rotatable bonds is 5. The molecular weight excluding hydrogens is 428 g/mol. The van der Waals surface area contributed by atoms with Crippen LogP contribution in [0.4, 0.5) is 11.4 Å². The molecule has 0 spiro atoms. The van der Waals surface area contributed by atoms with Crippen molar-refractivity contribution in [3.8, 4) is 6.07 Å². The third kappa shape index (κ3) is 4.06. The van der Waals surface area contributed by atoms with Gasteiger partial charge in [0.1, 0.15) is 11.2 Å². The maximum Gasteiger partial charge on any atom is 0.251 e. The van der Waals surface area contributed by atoms with E-state index in [4.69, 9.17) is 9.68 Å². The second kappa shape index (κ2) is 8.91. The molecule has 0 aliphatic carbocycles. The fraction of sp³-hybridized carbons (Fsp3) is 0.222. The molecular formula is C27H24N4O3. The quantitative estimate of drug-likeness (QED) is 0.453. The highest BCUT2D eigenvalue weighted by atomic mass is 16.3. The van der Waals surface area contributed by atoms with Crippen LogP contribution in [0.2, 0.25) is 0 Å². The fourth-order valence-corrected chi connectivity index (χ4v) is 4.48. The second-order valence-electron chi connectivity index (χ2n) is 8.42. The summed E-state index contributed by atoms with van der Waals surface area (Å²) in [4.78, 5) is 26.9. The second-order valence-corrected chi connectivity index (χ2v) is 8.42. The predicted molar refractivity (Wildman–Crippen MR) is 132 cm³/mol. The van der Waals surface area contributed by atoms with E-state index in [0.717, 1.165) is 28.6 Å². The van der Waals surface area contributed by atoms with E-state index in [0.29, 0.717) is 41.8 Å². The Bertz CT molecular complexity index is 1450. The molecule has 7 nitrogen and oxygen atoms in total. The van der Waals surface area contributed by atoms with Crippen LogP contribution in [-0.4, -0.2) is 30.9 Å². The molecule has 4 aromatic rings. The molecule has 1 aromatic heterocycles. The number of benzene rings is 3. The molecule has 170 valence electrons. The molecule has 2 amide bonds. The van der Waals surface area contributed by atoms with Crippen molar-refractivity contribution in [2.24, 2.45) is 0 Å². The van der Waals surface area contributed by atoms with Gasteiger partial charge in [0.25, 0.3) is 5.91 Å². The molecule has 34 heavy (non-hydrogen) atoms. The first-order valence-electron chi connectivity index (χ1n) is 11.4. The van der Waals surface area contributed by atoms with Gasteiger partial charge in [-0.25, -0.2) is 0 Å². The van der Waals surface area contributed by atoms with Crippen LogP contribution >= 0.6 is 0 Å². The van der Waals surface area contributed by atoms with Crippen LogP contribution in [0.5, 0.6) is 0 Å². The Labute approximate surface area is 196 Å². The van der Waals surface area contributed by atoms with Crippen molar-refractivity contribution in [2.75, 3.05) is 23.3 Å². The van der Waals surface area contributed by atoms with Gasteiger partial charge >= 0.3 is 0 Å². The lowest BCUT2D eigenvalue weighted by Gasteiger charge is -2.32. The molecule has 1 fully saturated rings. The van der Waals surface area contributed by atoms with E-state index >= 15 is 0 Å². The summed E-state index contributed by atoms with van der Waals surface area (Å²) in [5.74, 6) is -0.0962. The van der Waals surface area contributed by atoms with Crippen molar-refractivity contribution in [1.29, 1.82) is 5.26 Å². The molecule has 0 unspecified atom stereocenters. The molecule has 3 aromatic carbocycles. The predicted octanol–water partition coefficient (Wildman–Crippen LogP) is 4.81. The Morgan fingerprint density at radius 1 is 1.12 bits per heavy atom. The number of carbonyl (C=O) groups is 2. The normalized spacial score (nSPS) is 15.9. The topological polar surface area (TPSA) is 98.4 Å². The zero-order valence-corrected chi connectivity index (χ0v) is 18.8. The molecule has 1 saturated heterocycles. The zero-order chi connectivity index (χ0) is 23.7. The summed E-state index contributed by atoms with van der Waals surface area (Å²) in [6, 6.07) is 20.7. The summed E-state index contributed by atoms with van der Waals surface area (Å²) in [6.45, 7) is 3.03. The minimum absolute atomic E-state index is 0.0142. The summed E-state index contributed by atoms with van der Waals surface area (Å²) in [5.41, 5.74) is 4.11. The standard InChI is InChI=1S/C27H24N4O3/c1-2-29-27(33)18-6-8-22-23-9-7-21(15-25(23)34-24(22)13-18)31-11-10-20(14-26(31)32)30-19-5-3-4-17(12-19)16-28/h3-9,12-13,15,20,30H,2,10-11,14H2,1H3,(H,29,33)/t20-/m0/s1. The number of carbonyl (C=O) groups excluding carboxylic acids is 2. The Kier molecular flexibility index (Phi) is 5.64. The average Bonchev–Trinajstić information content (AvgIpc) is 3.21. The van der Waals surface area contributed by atoms with Crippen LogP contribution in [0.15, 0.2) is 65.1 Å². The lowest BCUT2D eigenvalue weighted by Crippen LogP contribution is -2.43. The van der Waals surface area contributed by atoms with Crippen molar-refractivity contribution < 1.29 is 14.0 Å². The largest absolute Gasteiger partial charge is 0.456 e. The Balaban J connectivity index is 1.34. The monoisotopic (exact) mass is 452 g/mol. The van der Waals surface area contributed by atoms with Gasteiger partial charge < -0.3 is 20.0 Å². The van der Waals surface area contributed by atoms with Crippen molar-refractivity contribution in [3.63, 3.8) is 0 Å². The molecule has 1 atom stereocenters. The van der Waals surface area contributed by atoms with Crippen LogP contribution in [0.1, 0.15) is 35.7 Å². The first-order chi connectivity index (χ1) is 16.6. The van der Waals surface area contributed by atoms with Gasteiger partial charge in [0, 0.05) is 59.3 Å². The van der Waals surface area contributed by atoms with Gasteiger partial charge in [-0.3, -0.25) is 9.59 Å².